The molecule has 1 saturated heterocycles. The van der Waals surface area contributed by atoms with E-state index in [4.69, 9.17) is 10.5 Å². The summed E-state index contributed by atoms with van der Waals surface area (Å²) in [5, 5.41) is 0. The van der Waals surface area contributed by atoms with Gasteiger partial charge in [0.05, 0.1) is 7.11 Å². The molecule has 2 rings (SSSR count). The Morgan fingerprint density at radius 3 is 2.74 bits per heavy atom. The number of carbonyl (C=O) groups excluding carboxylic acids is 1. The van der Waals surface area contributed by atoms with E-state index >= 15 is 0 Å². The molecule has 0 atom stereocenters. The molecule has 0 aromatic heterocycles. The van der Waals surface area contributed by atoms with Crippen LogP contribution in [0.2, 0.25) is 0 Å². The standard InChI is InChI=1S/C15H22N2O2/c1-19-15-5-4-12(14(18)6-7-16)10-13(15)11-17-8-2-3-9-17/h4-5,10H,2-3,6-9,11,16H2,1H3. The number of carbonyl (C=O) groups is 1. The smallest absolute Gasteiger partial charge is 0.164 e. The van der Waals surface area contributed by atoms with Crippen molar-refractivity contribution < 1.29 is 9.53 Å². The van der Waals surface area contributed by atoms with Crippen LogP contribution in [0, 0.1) is 0 Å². The van der Waals surface area contributed by atoms with Gasteiger partial charge in [0.15, 0.2) is 5.78 Å². The van der Waals surface area contributed by atoms with Crippen molar-refractivity contribution in [3.8, 4) is 5.75 Å². The monoisotopic (exact) mass is 262 g/mol. The van der Waals surface area contributed by atoms with Gasteiger partial charge in [-0.15, -0.1) is 0 Å². The molecule has 4 nitrogen and oxygen atoms in total. The van der Waals surface area contributed by atoms with Crippen molar-refractivity contribution in [2.75, 3.05) is 26.7 Å². The van der Waals surface area contributed by atoms with Crippen molar-refractivity contribution in [1.82, 2.24) is 4.90 Å². The first-order valence-corrected chi connectivity index (χ1v) is 6.87. The normalized spacial score (nSPS) is 15.7. The number of likely N-dealkylation sites (tertiary alicyclic amines) is 1. The van der Waals surface area contributed by atoms with Gasteiger partial charge in [0.25, 0.3) is 0 Å². The highest BCUT2D eigenvalue weighted by Crippen LogP contribution is 2.24. The molecule has 0 aliphatic carbocycles. The fraction of sp³-hybridized carbons (Fsp3) is 0.533. The third-order valence-corrected chi connectivity index (χ3v) is 3.57. The van der Waals surface area contributed by atoms with Crippen LogP contribution >= 0.6 is 0 Å². The molecule has 104 valence electrons. The zero-order valence-corrected chi connectivity index (χ0v) is 11.5. The Morgan fingerprint density at radius 2 is 2.11 bits per heavy atom. The lowest BCUT2D eigenvalue weighted by molar-refractivity contribution is 0.0985. The Labute approximate surface area is 114 Å². The Bertz CT molecular complexity index is 440. The van der Waals surface area contributed by atoms with Crippen molar-refractivity contribution in [2.45, 2.75) is 25.8 Å². The number of rotatable bonds is 6. The molecule has 1 aromatic carbocycles. The number of nitrogens with two attached hydrogens (primary N) is 1. The predicted octanol–water partition coefficient (Wildman–Crippen LogP) is 1.82. The van der Waals surface area contributed by atoms with E-state index < -0.39 is 0 Å². The van der Waals surface area contributed by atoms with E-state index in [1.165, 1.54) is 12.8 Å². The van der Waals surface area contributed by atoms with E-state index in [1.54, 1.807) is 7.11 Å². The van der Waals surface area contributed by atoms with Gasteiger partial charge in [0.1, 0.15) is 5.75 Å². The molecule has 1 aliphatic heterocycles. The van der Waals surface area contributed by atoms with E-state index in [1.807, 2.05) is 18.2 Å². The third-order valence-electron chi connectivity index (χ3n) is 3.57. The number of Topliss-reactive ketones (excluding diaryl/α,β-unsaturated/α-hetero) is 1. The fourth-order valence-corrected chi connectivity index (χ4v) is 2.53. The van der Waals surface area contributed by atoms with Gasteiger partial charge in [0.2, 0.25) is 0 Å². The molecule has 0 radical (unpaired) electrons. The number of hydrogen-bond donors (Lipinski definition) is 1. The van der Waals surface area contributed by atoms with Crippen molar-refractivity contribution in [2.24, 2.45) is 5.73 Å². The maximum Gasteiger partial charge on any atom is 0.164 e. The van der Waals surface area contributed by atoms with Gasteiger partial charge in [0, 0.05) is 24.1 Å². The van der Waals surface area contributed by atoms with E-state index in [-0.39, 0.29) is 5.78 Å². The zero-order valence-electron chi connectivity index (χ0n) is 11.5. The summed E-state index contributed by atoms with van der Waals surface area (Å²) in [4.78, 5) is 14.3. The SMILES string of the molecule is COc1ccc(C(=O)CCN)cc1CN1CCCC1. The largest absolute Gasteiger partial charge is 0.496 e. The third kappa shape index (κ3) is 3.55. The number of ether oxygens (including phenoxy) is 1. The van der Waals surface area contributed by atoms with E-state index in [0.717, 1.165) is 36.5 Å². The minimum atomic E-state index is 0.104. The van der Waals surface area contributed by atoms with Crippen LogP contribution in [0.4, 0.5) is 0 Å². The maximum atomic E-state index is 11.9. The summed E-state index contributed by atoms with van der Waals surface area (Å²) in [5.41, 5.74) is 7.27. The predicted molar refractivity (Wildman–Crippen MR) is 75.5 cm³/mol. The van der Waals surface area contributed by atoms with Gasteiger partial charge < -0.3 is 10.5 Å². The van der Waals surface area contributed by atoms with Gasteiger partial charge in [-0.3, -0.25) is 9.69 Å². The van der Waals surface area contributed by atoms with Gasteiger partial charge in [-0.2, -0.15) is 0 Å². The van der Waals surface area contributed by atoms with Crippen molar-refractivity contribution >= 4 is 5.78 Å². The Balaban J connectivity index is 2.17. The van der Waals surface area contributed by atoms with E-state index in [0.29, 0.717) is 13.0 Å². The number of nitrogens with zero attached hydrogens (tertiary/aromatic N) is 1. The average Bonchev–Trinajstić information content (AvgIpc) is 2.92. The van der Waals surface area contributed by atoms with Gasteiger partial charge >= 0.3 is 0 Å². The molecule has 1 fully saturated rings. The molecule has 2 N–H and O–H groups in total. The van der Waals surface area contributed by atoms with Crippen LogP contribution in [0.5, 0.6) is 5.75 Å². The topological polar surface area (TPSA) is 55.6 Å². The molecule has 4 heteroatoms. The van der Waals surface area contributed by atoms with Crippen LogP contribution in [-0.2, 0) is 6.54 Å². The summed E-state index contributed by atoms with van der Waals surface area (Å²) >= 11 is 0. The number of ketones is 1. The highest BCUT2D eigenvalue weighted by molar-refractivity contribution is 5.96. The maximum absolute atomic E-state index is 11.9. The molecule has 1 aliphatic rings. The van der Waals surface area contributed by atoms with Crippen molar-refractivity contribution in [3.63, 3.8) is 0 Å². The molecule has 19 heavy (non-hydrogen) atoms. The van der Waals surface area contributed by atoms with Crippen LogP contribution < -0.4 is 10.5 Å². The van der Waals surface area contributed by atoms with Gasteiger partial charge in [-0.05, 0) is 50.7 Å². The zero-order chi connectivity index (χ0) is 13.7. The molecular formula is C15H22N2O2. The first-order valence-electron chi connectivity index (χ1n) is 6.87. The van der Waals surface area contributed by atoms with Crippen molar-refractivity contribution in [1.29, 1.82) is 0 Å². The average molecular weight is 262 g/mol. The molecule has 0 bridgehead atoms. The minimum Gasteiger partial charge on any atom is -0.496 e. The fourth-order valence-electron chi connectivity index (χ4n) is 2.53. The number of hydrogen-bond acceptors (Lipinski definition) is 4. The highest BCUT2D eigenvalue weighted by Gasteiger charge is 2.15. The summed E-state index contributed by atoms with van der Waals surface area (Å²) in [6, 6.07) is 5.66. The lowest BCUT2D eigenvalue weighted by Crippen LogP contribution is -2.19. The van der Waals surface area contributed by atoms with E-state index in [9.17, 15) is 4.79 Å². The molecule has 1 aromatic rings. The Hall–Kier alpha value is -1.39. The van der Waals surface area contributed by atoms with Gasteiger partial charge in [-0.1, -0.05) is 0 Å². The summed E-state index contributed by atoms with van der Waals surface area (Å²) in [6.07, 6.45) is 2.91. The first kappa shape index (κ1) is 14.0. The highest BCUT2D eigenvalue weighted by atomic mass is 16.5. The van der Waals surface area contributed by atoms with Gasteiger partial charge in [-0.25, -0.2) is 0 Å². The van der Waals surface area contributed by atoms with Crippen molar-refractivity contribution in [3.05, 3.63) is 29.3 Å². The lowest BCUT2D eigenvalue weighted by Gasteiger charge is -2.17. The van der Waals surface area contributed by atoms with E-state index in [2.05, 4.69) is 4.90 Å². The summed E-state index contributed by atoms with van der Waals surface area (Å²) in [5.74, 6) is 0.962. The number of methoxy groups -OCH3 is 1. The van der Waals surface area contributed by atoms with Crippen LogP contribution in [0.25, 0.3) is 0 Å². The summed E-state index contributed by atoms with van der Waals surface area (Å²) < 4.78 is 5.39. The molecule has 0 amide bonds. The Morgan fingerprint density at radius 1 is 1.37 bits per heavy atom. The molecule has 0 saturated carbocycles. The van der Waals surface area contributed by atoms with Crippen LogP contribution in [-0.4, -0.2) is 37.4 Å². The second kappa shape index (κ2) is 6.68. The lowest BCUT2D eigenvalue weighted by atomic mass is 10.0. The summed E-state index contributed by atoms with van der Waals surface area (Å²) in [7, 11) is 1.67. The first-order chi connectivity index (χ1) is 9.24. The number of benzene rings is 1. The van der Waals surface area contributed by atoms with Crippen LogP contribution in [0.1, 0.15) is 35.2 Å². The second-order valence-electron chi connectivity index (χ2n) is 4.97. The molecule has 0 unspecified atom stereocenters. The summed E-state index contributed by atoms with van der Waals surface area (Å²) in [6.45, 7) is 3.51. The molecular weight excluding hydrogens is 240 g/mol. The molecule has 0 spiro atoms. The molecule has 1 heterocycles. The van der Waals surface area contributed by atoms with Crippen LogP contribution in [0.15, 0.2) is 18.2 Å². The minimum absolute atomic E-state index is 0.104. The second-order valence-corrected chi connectivity index (χ2v) is 4.97. The quantitative estimate of drug-likeness (QED) is 0.795. The van der Waals surface area contributed by atoms with Crippen LogP contribution in [0.3, 0.4) is 0 Å². The Kier molecular flexibility index (Phi) is 4.93.